The van der Waals surface area contributed by atoms with Gasteiger partial charge in [-0.3, -0.25) is 4.79 Å². The van der Waals surface area contributed by atoms with Crippen LogP contribution in [0, 0.1) is 0 Å². The molecule has 1 aliphatic carbocycles. The predicted molar refractivity (Wildman–Crippen MR) is 85.8 cm³/mol. The summed E-state index contributed by atoms with van der Waals surface area (Å²) >= 11 is 1.27. The molecule has 0 atom stereocenters. The van der Waals surface area contributed by atoms with Crippen LogP contribution in [-0.2, 0) is 4.74 Å². The van der Waals surface area contributed by atoms with Crippen LogP contribution in [0.4, 0.5) is 10.9 Å². The molecular weight excluding hydrogens is 288 g/mol. The van der Waals surface area contributed by atoms with Gasteiger partial charge in [-0.15, -0.1) is 0 Å². The van der Waals surface area contributed by atoms with Crippen molar-refractivity contribution in [1.82, 2.24) is 10.3 Å². The molecule has 116 valence electrons. The number of anilines is 2. The van der Waals surface area contributed by atoms with Crippen molar-refractivity contribution in [2.75, 3.05) is 37.9 Å². The van der Waals surface area contributed by atoms with Crippen LogP contribution in [0.2, 0.25) is 0 Å². The van der Waals surface area contributed by atoms with Gasteiger partial charge >= 0.3 is 0 Å². The number of ether oxygens (including phenoxy) is 1. The summed E-state index contributed by atoms with van der Waals surface area (Å²) in [7, 11) is 1.64. The van der Waals surface area contributed by atoms with Gasteiger partial charge in [0, 0.05) is 20.2 Å². The smallest absolute Gasteiger partial charge is 0.265 e. The first kappa shape index (κ1) is 15.8. The molecule has 0 aromatic carbocycles. The van der Waals surface area contributed by atoms with Gasteiger partial charge < -0.3 is 21.1 Å². The molecule has 1 aliphatic rings. The maximum absolute atomic E-state index is 12.1. The minimum absolute atomic E-state index is 0.150. The van der Waals surface area contributed by atoms with Crippen molar-refractivity contribution >= 4 is 28.2 Å². The van der Waals surface area contributed by atoms with Gasteiger partial charge in [0.05, 0.1) is 6.61 Å². The van der Waals surface area contributed by atoms with E-state index in [4.69, 9.17) is 10.5 Å². The molecule has 0 aliphatic heterocycles. The van der Waals surface area contributed by atoms with Crippen LogP contribution >= 0.6 is 11.3 Å². The van der Waals surface area contributed by atoms with Crippen LogP contribution in [0.5, 0.6) is 0 Å². The summed E-state index contributed by atoms with van der Waals surface area (Å²) in [6.45, 7) is 1.86. The van der Waals surface area contributed by atoms with Crippen molar-refractivity contribution in [1.29, 1.82) is 0 Å². The molecule has 1 aromatic rings. The Hall–Kier alpha value is -1.60. The Labute approximate surface area is 128 Å². The monoisotopic (exact) mass is 310 g/mol. The minimum atomic E-state index is -0.150. The molecule has 0 radical (unpaired) electrons. The van der Waals surface area contributed by atoms with E-state index in [2.05, 4.69) is 21.7 Å². The van der Waals surface area contributed by atoms with Gasteiger partial charge in [-0.05, 0) is 25.7 Å². The normalized spacial score (nSPS) is 14.0. The molecule has 1 amide bonds. The Bertz CT molecular complexity index is 513. The van der Waals surface area contributed by atoms with E-state index in [-0.39, 0.29) is 11.7 Å². The highest BCUT2D eigenvalue weighted by atomic mass is 32.1. The van der Waals surface area contributed by atoms with E-state index >= 15 is 0 Å². The number of methoxy groups -OCH3 is 1. The number of hydrogen-bond acceptors (Lipinski definition) is 6. The number of carbonyl (C=O) groups is 1. The minimum Gasteiger partial charge on any atom is -0.383 e. The number of nitrogen functional groups attached to an aromatic ring is 1. The summed E-state index contributed by atoms with van der Waals surface area (Å²) in [4.78, 5) is 16.7. The number of carbonyl (C=O) groups excluding carboxylic acids is 1. The fraction of sp³-hybridized carbons (Fsp3) is 0.571. The van der Waals surface area contributed by atoms with Gasteiger partial charge in [0.15, 0.2) is 5.13 Å². The van der Waals surface area contributed by atoms with E-state index in [0.29, 0.717) is 29.7 Å². The summed E-state index contributed by atoms with van der Waals surface area (Å²) in [5, 5.41) is 6.63. The number of nitrogens with one attached hydrogen (secondary N) is 2. The first-order valence-electron chi connectivity index (χ1n) is 7.16. The zero-order valence-corrected chi connectivity index (χ0v) is 13.1. The molecule has 0 unspecified atom stereocenters. The van der Waals surface area contributed by atoms with E-state index in [9.17, 15) is 4.79 Å². The van der Waals surface area contributed by atoms with E-state index in [1.54, 1.807) is 7.11 Å². The van der Waals surface area contributed by atoms with Gasteiger partial charge in [0.1, 0.15) is 10.7 Å². The molecule has 6 nitrogen and oxygen atoms in total. The van der Waals surface area contributed by atoms with Crippen LogP contribution in [0.25, 0.3) is 0 Å². The average molecular weight is 310 g/mol. The van der Waals surface area contributed by atoms with Crippen LogP contribution in [0.3, 0.4) is 0 Å². The molecule has 0 saturated carbocycles. The number of thiazole rings is 1. The van der Waals surface area contributed by atoms with Gasteiger partial charge in [-0.25, -0.2) is 4.98 Å². The average Bonchev–Trinajstić information content (AvgIpc) is 3.09. The third-order valence-corrected chi connectivity index (χ3v) is 4.34. The molecule has 0 saturated heterocycles. The summed E-state index contributed by atoms with van der Waals surface area (Å²) in [5.74, 6) is 0.126. The second kappa shape index (κ2) is 7.99. The lowest BCUT2D eigenvalue weighted by molar-refractivity contribution is 0.0959. The Kier molecular flexibility index (Phi) is 6.01. The molecule has 0 fully saturated rings. The lowest BCUT2D eigenvalue weighted by Gasteiger charge is -2.04. The zero-order valence-electron chi connectivity index (χ0n) is 12.3. The summed E-state index contributed by atoms with van der Waals surface area (Å²) in [6, 6.07) is 0. The molecule has 0 bridgehead atoms. The number of nitrogens with zero attached hydrogens (tertiary/aromatic N) is 1. The molecular formula is C14H22N4O2S. The fourth-order valence-electron chi connectivity index (χ4n) is 2.21. The number of amides is 1. The predicted octanol–water partition coefficient (Wildman–Crippen LogP) is 2.01. The van der Waals surface area contributed by atoms with Crippen molar-refractivity contribution in [3.63, 3.8) is 0 Å². The van der Waals surface area contributed by atoms with Gasteiger partial charge in [-0.1, -0.05) is 23.0 Å². The Morgan fingerprint density at radius 1 is 1.52 bits per heavy atom. The standard InChI is InChI=1S/C14H22N4O2S/c1-20-9-8-17-14-18-12(15)11(21-14)13(19)16-7-6-10-4-2-3-5-10/h4H,2-3,5-9,15H2,1H3,(H,16,19)(H,17,18). The van der Waals surface area contributed by atoms with Gasteiger partial charge in [0.25, 0.3) is 5.91 Å². The third-order valence-electron chi connectivity index (χ3n) is 3.31. The van der Waals surface area contributed by atoms with Crippen LogP contribution in [0.15, 0.2) is 11.6 Å². The highest BCUT2D eigenvalue weighted by Gasteiger charge is 2.16. The highest BCUT2D eigenvalue weighted by molar-refractivity contribution is 7.18. The van der Waals surface area contributed by atoms with E-state index in [0.717, 1.165) is 12.8 Å². The molecule has 21 heavy (non-hydrogen) atoms. The zero-order chi connectivity index (χ0) is 15.1. The molecule has 1 aromatic heterocycles. The highest BCUT2D eigenvalue weighted by Crippen LogP contribution is 2.25. The third kappa shape index (κ3) is 4.71. The molecule has 0 spiro atoms. The molecule has 1 heterocycles. The molecule has 2 rings (SSSR count). The second-order valence-corrected chi connectivity index (χ2v) is 5.91. The van der Waals surface area contributed by atoms with Crippen molar-refractivity contribution < 1.29 is 9.53 Å². The first-order chi connectivity index (χ1) is 10.2. The Balaban J connectivity index is 1.80. The van der Waals surface area contributed by atoms with E-state index in [1.165, 1.54) is 29.8 Å². The second-order valence-electron chi connectivity index (χ2n) is 4.91. The van der Waals surface area contributed by atoms with Crippen molar-refractivity contribution in [3.8, 4) is 0 Å². The number of rotatable bonds is 8. The summed E-state index contributed by atoms with van der Waals surface area (Å²) in [5.41, 5.74) is 7.24. The largest absolute Gasteiger partial charge is 0.383 e. The lowest BCUT2D eigenvalue weighted by atomic mass is 10.2. The van der Waals surface area contributed by atoms with Crippen molar-refractivity contribution in [3.05, 3.63) is 16.5 Å². The molecule has 4 N–H and O–H groups in total. The Morgan fingerprint density at radius 2 is 2.38 bits per heavy atom. The Morgan fingerprint density at radius 3 is 3.10 bits per heavy atom. The first-order valence-corrected chi connectivity index (χ1v) is 7.97. The van der Waals surface area contributed by atoms with E-state index < -0.39 is 0 Å². The maximum atomic E-state index is 12.1. The summed E-state index contributed by atoms with van der Waals surface area (Å²) in [6.07, 6.45) is 6.75. The van der Waals surface area contributed by atoms with Crippen LogP contribution in [0.1, 0.15) is 35.4 Å². The van der Waals surface area contributed by atoms with E-state index in [1.807, 2.05) is 0 Å². The van der Waals surface area contributed by atoms with Gasteiger partial charge in [0.2, 0.25) is 0 Å². The number of nitrogens with two attached hydrogens (primary N) is 1. The van der Waals surface area contributed by atoms with Crippen molar-refractivity contribution in [2.45, 2.75) is 25.7 Å². The molecule has 7 heteroatoms. The quantitative estimate of drug-likeness (QED) is 0.505. The van der Waals surface area contributed by atoms with Gasteiger partial charge in [-0.2, -0.15) is 0 Å². The number of allylic oxidation sites excluding steroid dienone is 1. The van der Waals surface area contributed by atoms with Crippen LogP contribution < -0.4 is 16.4 Å². The lowest BCUT2D eigenvalue weighted by Crippen LogP contribution is -2.24. The SMILES string of the molecule is COCCNc1nc(N)c(C(=O)NCCC2=CCCC2)s1. The van der Waals surface area contributed by atoms with Crippen molar-refractivity contribution in [2.24, 2.45) is 0 Å². The topological polar surface area (TPSA) is 89.3 Å². The fourth-order valence-corrected chi connectivity index (χ4v) is 3.04. The van der Waals surface area contributed by atoms with Crippen LogP contribution in [-0.4, -0.2) is 37.7 Å². The number of aromatic nitrogens is 1. The summed E-state index contributed by atoms with van der Waals surface area (Å²) < 4.78 is 4.95. The number of hydrogen-bond donors (Lipinski definition) is 3. The maximum Gasteiger partial charge on any atom is 0.265 e.